The number of nitrogens with one attached hydrogen (secondary N) is 2. The van der Waals surface area contributed by atoms with E-state index >= 15 is 0 Å². The van der Waals surface area contributed by atoms with Gasteiger partial charge in [0.2, 0.25) is 5.91 Å². The van der Waals surface area contributed by atoms with Crippen LogP contribution < -0.4 is 10.6 Å². The lowest BCUT2D eigenvalue weighted by atomic mass is 10.3. The molecule has 2 N–H and O–H groups in total. The third kappa shape index (κ3) is 10.0. The summed E-state index contributed by atoms with van der Waals surface area (Å²) in [4.78, 5) is 11.5. The van der Waals surface area contributed by atoms with Crippen molar-refractivity contribution in [1.82, 2.24) is 10.6 Å². The van der Waals surface area contributed by atoms with E-state index in [0.717, 1.165) is 32.6 Å². The van der Waals surface area contributed by atoms with Gasteiger partial charge in [0.15, 0.2) is 0 Å². The lowest BCUT2D eigenvalue weighted by Crippen LogP contribution is -2.42. The van der Waals surface area contributed by atoms with Gasteiger partial charge in [0.1, 0.15) is 0 Å². The summed E-state index contributed by atoms with van der Waals surface area (Å²) in [7, 11) is 0. The van der Waals surface area contributed by atoms with Crippen molar-refractivity contribution < 1.29 is 9.53 Å². The zero-order valence-electron chi connectivity index (χ0n) is 11.1. The molecule has 4 nitrogen and oxygen atoms in total. The number of hydrogen-bond acceptors (Lipinski definition) is 3. The van der Waals surface area contributed by atoms with Gasteiger partial charge in [-0.2, -0.15) is 0 Å². The first kappa shape index (κ1) is 16.1. The topological polar surface area (TPSA) is 50.4 Å². The van der Waals surface area contributed by atoms with E-state index in [1.807, 2.05) is 6.92 Å². The van der Waals surface area contributed by atoms with Crippen molar-refractivity contribution in [2.75, 3.05) is 26.3 Å². The molecule has 100 valence electrons. The Morgan fingerprint density at radius 2 is 2.12 bits per heavy atom. The first-order valence-electron chi connectivity index (χ1n) is 6.42. The second-order valence-corrected chi connectivity index (χ2v) is 4.03. The Morgan fingerprint density at radius 1 is 1.41 bits per heavy atom. The smallest absolute Gasteiger partial charge is 0.237 e. The van der Waals surface area contributed by atoms with Gasteiger partial charge in [0.25, 0.3) is 0 Å². The van der Waals surface area contributed by atoms with Crippen LogP contribution in [0.4, 0.5) is 0 Å². The molecular weight excluding hydrogens is 216 g/mol. The third-order valence-electron chi connectivity index (χ3n) is 2.37. The Kier molecular flexibility index (Phi) is 11.0. The normalized spacial score (nSPS) is 12.1. The van der Waals surface area contributed by atoms with Crippen LogP contribution in [0.5, 0.6) is 0 Å². The molecular formula is C13H26N2O2. The van der Waals surface area contributed by atoms with Gasteiger partial charge in [-0.1, -0.05) is 19.4 Å². The van der Waals surface area contributed by atoms with Crippen molar-refractivity contribution in [3.05, 3.63) is 12.7 Å². The molecule has 0 heterocycles. The van der Waals surface area contributed by atoms with Crippen LogP contribution in [0.2, 0.25) is 0 Å². The highest BCUT2D eigenvalue weighted by molar-refractivity contribution is 5.81. The quantitative estimate of drug-likeness (QED) is 0.426. The number of carbonyl (C=O) groups is 1. The Morgan fingerprint density at radius 3 is 2.76 bits per heavy atom. The summed E-state index contributed by atoms with van der Waals surface area (Å²) < 4.78 is 5.43. The summed E-state index contributed by atoms with van der Waals surface area (Å²) in [6, 6.07) is -0.161. The van der Waals surface area contributed by atoms with Crippen molar-refractivity contribution in [1.29, 1.82) is 0 Å². The standard InChI is InChI=1S/C13H26N2O2/c1-4-6-10-17-11-7-9-14-12(3)13(16)15-8-5-2/h5,12,14H,2,4,6-11H2,1,3H3,(H,15,16). The molecule has 0 radical (unpaired) electrons. The van der Waals surface area contributed by atoms with Gasteiger partial charge in [0, 0.05) is 19.8 Å². The van der Waals surface area contributed by atoms with Crippen LogP contribution >= 0.6 is 0 Å². The second kappa shape index (κ2) is 11.6. The zero-order valence-corrected chi connectivity index (χ0v) is 11.1. The molecule has 0 aromatic carbocycles. The first-order chi connectivity index (χ1) is 8.22. The maximum absolute atomic E-state index is 11.5. The largest absolute Gasteiger partial charge is 0.381 e. The fourth-order valence-corrected chi connectivity index (χ4v) is 1.26. The van der Waals surface area contributed by atoms with Crippen LogP contribution in [0.3, 0.4) is 0 Å². The highest BCUT2D eigenvalue weighted by atomic mass is 16.5. The van der Waals surface area contributed by atoms with E-state index in [2.05, 4.69) is 24.1 Å². The molecule has 0 spiro atoms. The second-order valence-electron chi connectivity index (χ2n) is 4.03. The SMILES string of the molecule is C=CCNC(=O)C(C)NCCCOCCCC. The number of carbonyl (C=O) groups excluding carboxylic acids is 1. The van der Waals surface area contributed by atoms with Crippen molar-refractivity contribution in [3.8, 4) is 0 Å². The molecule has 17 heavy (non-hydrogen) atoms. The van der Waals surface area contributed by atoms with Crippen LogP contribution in [0.25, 0.3) is 0 Å². The molecule has 0 aromatic heterocycles. The third-order valence-corrected chi connectivity index (χ3v) is 2.37. The van der Waals surface area contributed by atoms with Gasteiger partial charge in [-0.3, -0.25) is 4.79 Å². The van der Waals surface area contributed by atoms with Gasteiger partial charge < -0.3 is 15.4 Å². The van der Waals surface area contributed by atoms with E-state index in [1.165, 1.54) is 6.42 Å². The summed E-state index contributed by atoms with van der Waals surface area (Å²) in [5.74, 6) is 0.0109. The van der Waals surface area contributed by atoms with Crippen molar-refractivity contribution in [2.24, 2.45) is 0 Å². The number of amides is 1. The average molecular weight is 242 g/mol. The molecule has 4 heteroatoms. The Bertz CT molecular complexity index is 208. The molecule has 0 saturated carbocycles. The van der Waals surface area contributed by atoms with Crippen LogP contribution in [-0.4, -0.2) is 38.3 Å². The minimum absolute atomic E-state index is 0.0109. The summed E-state index contributed by atoms with van der Waals surface area (Å²) in [6.07, 6.45) is 4.89. The molecule has 0 fully saturated rings. The molecule has 0 aromatic rings. The molecule has 0 rings (SSSR count). The summed E-state index contributed by atoms with van der Waals surface area (Å²) in [6.45, 7) is 10.5. The van der Waals surface area contributed by atoms with E-state index in [0.29, 0.717) is 6.54 Å². The predicted octanol–water partition coefficient (Wildman–Crippen LogP) is 1.47. The van der Waals surface area contributed by atoms with Gasteiger partial charge in [0.05, 0.1) is 6.04 Å². The lowest BCUT2D eigenvalue weighted by molar-refractivity contribution is -0.122. The lowest BCUT2D eigenvalue weighted by Gasteiger charge is -2.13. The van der Waals surface area contributed by atoms with Crippen LogP contribution in [0, 0.1) is 0 Å². The van der Waals surface area contributed by atoms with Crippen LogP contribution in [0.1, 0.15) is 33.1 Å². The summed E-state index contributed by atoms with van der Waals surface area (Å²) in [5, 5.41) is 5.91. The first-order valence-corrected chi connectivity index (χ1v) is 6.42. The maximum Gasteiger partial charge on any atom is 0.237 e. The van der Waals surface area contributed by atoms with Crippen molar-refractivity contribution in [3.63, 3.8) is 0 Å². The molecule has 0 bridgehead atoms. The number of hydrogen-bond donors (Lipinski definition) is 2. The number of rotatable bonds is 11. The van der Waals surface area contributed by atoms with Gasteiger partial charge in [-0.05, 0) is 26.3 Å². The molecule has 0 aliphatic heterocycles. The Balaban J connectivity index is 3.34. The predicted molar refractivity (Wildman–Crippen MR) is 71.0 cm³/mol. The fourth-order valence-electron chi connectivity index (χ4n) is 1.26. The summed E-state index contributed by atoms with van der Waals surface area (Å²) in [5.41, 5.74) is 0. The zero-order chi connectivity index (χ0) is 12.9. The van der Waals surface area contributed by atoms with E-state index in [9.17, 15) is 4.79 Å². The Hall–Kier alpha value is -0.870. The van der Waals surface area contributed by atoms with Crippen LogP contribution in [0.15, 0.2) is 12.7 Å². The monoisotopic (exact) mass is 242 g/mol. The van der Waals surface area contributed by atoms with E-state index < -0.39 is 0 Å². The average Bonchev–Trinajstić information content (AvgIpc) is 2.34. The minimum Gasteiger partial charge on any atom is -0.381 e. The molecule has 0 saturated heterocycles. The van der Waals surface area contributed by atoms with Crippen molar-refractivity contribution in [2.45, 2.75) is 39.2 Å². The van der Waals surface area contributed by atoms with E-state index in [4.69, 9.17) is 4.74 Å². The highest BCUT2D eigenvalue weighted by Gasteiger charge is 2.09. The minimum atomic E-state index is -0.161. The molecule has 0 aliphatic carbocycles. The fraction of sp³-hybridized carbons (Fsp3) is 0.769. The number of ether oxygens (including phenoxy) is 1. The number of unbranched alkanes of at least 4 members (excludes halogenated alkanes) is 1. The molecule has 1 amide bonds. The van der Waals surface area contributed by atoms with Crippen molar-refractivity contribution >= 4 is 5.91 Å². The summed E-state index contributed by atoms with van der Waals surface area (Å²) >= 11 is 0. The molecule has 1 atom stereocenters. The van der Waals surface area contributed by atoms with Gasteiger partial charge >= 0.3 is 0 Å². The van der Waals surface area contributed by atoms with Crippen LogP contribution in [-0.2, 0) is 9.53 Å². The van der Waals surface area contributed by atoms with Gasteiger partial charge in [-0.15, -0.1) is 6.58 Å². The maximum atomic E-state index is 11.5. The van der Waals surface area contributed by atoms with E-state index in [1.54, 1.807) is 6.08 Å². The highest BCUT2D eigenvalue weighted by Crippen LogP contribution is 1.90. The molecule has 1 unspecified atom stereocenters. The Labute approximate surface area is 105 Å². The van der Waals surface area contributed by atoms with E-state index in [-0.39, 0.29) is 11.9 Å². The molecule has 0 aliphatic rings. The van der Waals surface area contributed by atoms with Gasteiger partial charge in [-0.25, -0.2) is 0 Å².